The zero-order valence-corrected chi connectivity index (χ0v) is 9.21. The molecule has 1 aromatic carbocycles. The van der Waals surface area contributed by atoms with Gasteiger partial charge >= 0.3 is 0 Å². The van der Waals surface area contributed by atoms with Crippen LogP contribution in [0.5, 0.6) is 0 Å². The number of amides is 3. The SMILES string of the molecule is CN1CC(N2C(=O)c3ccccc3C2=O)C1=O. The Hall–Kier alpha value is -2.17. The third kappa shape index (κ3) is 1.16. The van der Waals surface area contributed by atoms with Crippen LogP contribution in [-0.2, 0) is 4.79 Å². The zero-order chi connectivity index (χ0) is 12.2. The molecule has 5 heteroatoms. The fourth-order valence-corrected chi connectivity index (χ4v) is 2.25. The Bertz CT molecular complexity index is 517. The quantitative estimate of drug-likeness (QED) is 0.508. The minimum absolute atomic E-state index is 0.181. The molecule has 0 saturated carbocycles. The van der Waals surface area contributed by atoms with E-state index in [0.29, 0.717) is 17.7 Å². The van der Waals surface area contributed by atoms with E-state index in [1.807, 2.05) is 0 Å². The van der Waals surface area contributed by atoms with Crippen molar-refractivity contribution >= 4 is 17.7 Å². The summed E-state index contributed by atoms with van der Waals surface area (Å²) >= 11 is 0. The van der Waals surface area contributed by atoms with Gasteiger partial charge in [-0.25, -0.2) is 0 Å². The van der Waals surface area contributed by atoms with Gasteiger partial charge in [-0.1, -0.05) is 12.1 Å². The molecule has 17 heavy (non-hydrogen) atoms. The van der Waals surface area contributed by atoms with Crippen molar-refractivity contribution in [2.24, 2.45) is 0 Å². The molecule has 0 spiro atoms. The molecule has 0 radical (unpaired) electrons. The number of benzene rings is 1. The standard InChI is InChI=1S/C12H10N2O3/c1-13-6-9(12(13)17)14-10(15)7-4-2-3-5-8(7)11(14)16/h2-5,9H,6H2,1H3. The maximum Gasteiger partial charge on any atom is 0.262 e. The van der Waals surface area contributed by atoms with Crippen LogP contribution in [0.1, 0.15) is 20.7 Å². The molecular weight excluding hydrogens is 220 g/mol. The average molecular weight is 230 g/mol. The summed E-state index contributed by atoms with van der Waals surface area (Å²) in [7, 11) is 1.65. The Labute approximate surface area is 97.6 Å². The van der Waals surface area contributed by atoms with Crippen LogP contribution in [0.15, 0.2) is 24.3 Å². The second-order valence-corrected chi connectivity index (χ2v) is 4.26. The Morgan fingerprint density at radius 1 is 1.06 bits per heavy atom. The van der Waals surface area contributed by atoms with Crippen molar-refractivity contribution in [3.05, 3.63) is 35.4 Å². The number of likely N-dealkylation sites (tertiary alicyclic amines) is 1. The molecule has 2 aliphatic rings. The molecule has 86 valence electrons. The van der Waals surface area contributed by atoms with Gasteiger partial charge in [0.25, 0.3) is 11.8 Å². The van der Waals surface area contributed by atoms with Gasteiger partial charge in [-0.05, 0) is 12.1 Å². The van der Waals surface area contributed by atoms with E-state index in [4.69, 9.17) is 0 Å². The molecule has 0 N–H and O–H groups in total. The van der Waals surface area contributed by atoms with Crippen molar-refractivity contribution < 1.29 is 14.4 Å². The highest BCUT2D eigenvalue weighted by molar-refractivity contribution is 6.23. The first-order valence-electron chi connectivity index (χ1n) is 5.33. The summed E-state index contributed by atoms with van der Waals surface area (Å²) in [6.07, 6.45) is 0. The number of likely N-dealkylation sites (N-methyl/N-ethyl adjacent to an activating group) is 1. The van der Waals surface area contributed by atoms with E-state index >= 15 is 0 Å². The van der Waals surface area contributed by atoms with E-state index in [1.165, 1.54) is 4.90 Å². The molecule has 2 heterocycles. The third-order valence-electron chi connectivity index (χ3n) is 3.25. The Balaban J connectivity index is 1.99. The number of nitrogens with zero attached hydrogens (tertiary/aromatic N) is 2. The van der Waals surface area contributed by atoms with E-state index in [1.54, 1.807) is 31.3 Å². The first-order chi connectivity index (χ1) is 8.11. The normalized spacial score (nSPS) is 22.9. The molecule has 1 fully saturated rings. The topological polar surface area (TPSA) is 57.7 Å². The molecule has 1 aromatic rings. The van der Waals surface area contributed by atoms with Crippen LogP contribution in [0.2, 0.25) is 0 Å². The minimum atomic E-state index is -0.618. The van der Waals surface area contributed by atoms with Gasteiger partial charge in [0.15, 0.2) is 0 Å². The van der Waals surface area contributed by atoms with Crippen molar-refractivity contribution in [1.82, 2.24) is 9.80 Å². The lowest BCUT2D eigenvalue weighted by Gasteiger charge is -2.39. The van der Waals surface area contributed by atoms with E-state index in [0.717, 1.165) is 4.90 Å². The highest BCUT2D eigenvalue weighted by Crippen LogP contribution is 2.27. The van der Waals surface area contributed by atoms with Gasteiger partial charge in [0.05, 0.1) is 17.7 Å². The van der Waals surface area contributed by atoms with E-state index in [-0.39, 0.29) is 17.7 Å². The smallest absolute Gasteiger partial charge is 0.262 e. The predicted octanol–water partition coefficient (Wildman–Crippen LogP) is 0.123. The van der Waals surface area contributed by atoms with Crippen LogP contribution in [0.25, 0.3) is 0 Å². The summed E-state index contributed by atoms with van der Waals surface area (Å²) in [5.74, 6) is -0.909. The van der Waals surface area contributed by atoms with Crippen molar-refractivity contribution in [2.75, 3.05) is 13.6 Å². The van der Waals surface area contributed by atoms with Gasteiger partial charge in [-0.3, -0.25) is 19.3 Å². The predicted molar refractivity (Wildman–Crippen MR) is 58.4 cm³/mol. The second-order valence-electron chi connectivity index (χ2n) is 4.26. The third-order valence-corrected chi connectivity index (χ3v) is 3.25. The van der Waals surface area contributed by atoms with E-state index in [9.17, 15) is 14.4 Å². The molecule has 0 aliphatic carbocycles. The number of fused-ring (bicyclic) bond motifs is 1. The monoisotopic (exact) mass is 230 g/mol. The van der Waals surface area contributed by atoms with Gasteiger partial charge in [-0.2, -0.15) is 0 Å². The van der Waals surface area contributed by atoms with Crippen molar-refractivity contribution in [2.45, 2.75) is 6.04 Å². The molecule has 0 bridgehead atoms. The first kappa shape index (κ1) is 10.0. The van der Waals surface area contributed by atoms with Crippen LogP contribution < -0.4 is 0 Å². The average Bonchev–Trinajstić information content (AvgIpc) is 2.60. The second kappa shape index (κ2) is 3.16. The Morgan fingerprint density at radius 3 is 2.00 bits per heavy atom. The molecule has 0 aromatic heterocycles. The molecule has 3 rings (SSSR count). The van der Waals surface area contributed by atoms with Crippen LogP contribution in [0.4, 0.5) is 0 Å². The number of hydrogen-bond acceptors (Lipinski definition) is 3. The molecule has 2 aliphatic heterocycles. The number of β-lactam (4-membered cyclic amide) rings is 1. The van der Waals surface area contributed by atoms with Gasteiger partial charge in [0.1, 0.15) is 6.04 Å². The van der Waals surface area contributed by atoms with E-state index < -0.39 is 6.04 Å². The van der Waals surface area contributed by atoms with Crippen molar-refractivity contribution in [1.29, 1.82) is 0 Å². The number of imide groups is 1. The summed E-state index contributed by atoms with van der Waals surface area (Å²) in [6, 6.07) is 6.03. The zero-order valence-electron chi connectivity index (χ0n) is 9.21. The van der Waals surface area contributed by atoms with Gasteiger partial charge in [0.2, 0.25) is 5.91 Å². The largest absolute Gasteiger partial charge is 0.341 e. The summed E-state index contributed by atoms with van der Waals surface area (Å²) < 4.78 is 0. The number of rotatable bonds is 1. The molecule has 5 nitrogen and oxygen atoms in total. The van der Waals surface area contributed by atoms with Crippen LogP contribution >= 0.6 is 0 Å². The molecule has 3 amide bonds. The van der Waals surface area contributed by atoms with Crippen molar-refractivity contribution in [3.8, 4) is 0 Å². The highest BCUT2D eigenvalue weighted by atomic mass is 16.2. The van der Waals surface area contributed by atoms with Crippen LogP contribution in [-0.4, -0.2) is 47.2 Å². The lowest BCUT2D eigenvalue weighted by molar-refractivity contribution is -0.145. The van der Waals surface area contributed by atoms with Crippen molar-refractivity contribution in [3.63, 3.8) is 0 Å². The Kier molecular flexibility index (Phi) is 1.86. The summed E-state index contributed by atoms with van der Waals surface area (Å²) in [5.41, 5.74) is 0.778. The van der Waals surface area contributed by atoms with Crippen LogP contribution in [0.3, 0.4) is 0 Å². The number of carbonyl (C=O) groups excluding carboxylic acids is 3. The first-order valence-corrected chi connectivity index (χ1v) is 5.33. The summed E-state index contributed by atoms with van der Waals surface area (Å²) in [4.78, 5) is 38.2. The van der Waals surface area contributed by atoms with E-state index in [2.05, 4.69) is 0 Å². The van der Waals surface area contributed by atoms with Gasteiger partial charge < -0.3 is 4.90 Å². The molecule has 1 unspecified atom stereocenters. The molecule has 1 saturated heterocycles. The van der Waals surface area contributed by atoms with Crippen LogP contribution in [0, 0.1) is 0 Å². The lowest BCUT2D eigenvalue weighted by Crippen LogP contribution is -2.63. The molecule has 1 atom stereocenters. The Morgan fingerprint density at radius 2 is 1.59 bits per heavy atom. The number of hydrogen-bond donors (Lipinski definition) is 0. The minimum Gasteiger partial charge on any atom is -0.341 e. The number of carbonyl (C=O) groups is 3. The maximum absolute atomic E-state index is 12.0. The summed E-state index contributed by atoms with van der Waals surface area (Å²) in [5, 5.41) is 0. The fraction of sp³-hybridized carbons (Fsp3) is 0.250. The van der Waals surface area contributed by atoms with Gasteiger partial charge in [0, 0.05) is 7.05 Å². The fourth-order valence-electron chi connectivity index (χ4n) is 2.25. The molecular formula is C12H10N2O3. The maximum atomic E-state index is 12.0. The summed E-state index contributed by atoms with van der Waals surface area (Å²) in [6.45, 7) is 0.421. The highest BCUT2D eigenvalue weighted by Gasteiger charge is 2.48. The van der Waals surface area contributed by atoms with Gasteiger partial charge in [-0.15, -0.1) is 0 Å². The lowest BCUT2D eigenvalue weighted by atomic mass is 10.1.